The van der Waals surface area contributed by atoms with Gasteiger partial charge in [-0.3, -0.25) is 0 Å². The zero-order valence-electron chi connectivity index (χ0n) is 17.2. The van der Waals surface area contributed by atoms with Crippen molar-refractivity contribution in [2.75, 3.05) is 0 Å². The van der Waals surface area contributed by atoms with Crippen LogP contribution in [0.4, 0.5) is 0 Å². The van der Waals surface area contributed by atoms with E-state index in [1.54, 1.807) is 0 Å². The maximum Gasteiger partial charge on any atom is 0.192 e. The van der Waals surface area contributed by atoms with Crippen LogP contribution in [0.1, 0.15) is 53.4 Å². The van der Waals surface area contributed by atoms with E-state index in [2.05, 4.69) is 58.9 Å². The molecule has 0 radical (unpaired) electrons. The topological polar surface area (TPSA) is 47.9 Å². The Morgan fingerprint density at radius 2 is 1.81 bits per heavy atom. The van der Waals surface area contributed by atoms with E-state index >= 15 is 0 Å². The molecule has 1 fully saturated rings. The van der Waals surface area contributed by atoms with Crippen LogP contribution < -0.4 is 0 Å². The molecule has 6 atom stereocenters. The first-order valence-corrected chi connectivity index (χ1v) is 12.8. The van der Waals surface area contributed by atoms with Crippen LogP contribution in [0.5, 0.6) is 0 Å². The molecule has 148 valence electrons. The fraction of sp³-hybridized carbons (Fsp3) is 0.810. The normalized spacial score (nSPS) is 33.5. The first kappa shape index (κ1) is 21.7. The third-order valence-corrected chi connectivity index (χ3v) is 10.6. The summed E-state index contributed by atoms with van der Waals surface area (Å²) in [6.07, 6.45) is 11.6. The van der Waals surface area contributed by atoms with Crippen molar-refractivity contribution in [2.45, 2.75) is 108 Å². The number of aliphatic hydroxyl groups excluding tert-OH is 1. The molecule has 2 aliphatic rings. The van der Waals surface area contributed by atoms with Crippen LogP contribution in [-0.2, 0) is 13.9 Å². The van der Waals surface area contributed by atoms with Gasteiger partial charge >= 0.3 is 0 Å². The van der Waals surface area contributed by atoms with Crippen molar-refractivity contribution >= 4 is 8.32 Å². The lowest BCUT2D eigenvalue weighted by molar-refractivity contribution is -0.0979. The molecule has 0 aromatic carbocycles. The van der Waals surface area contributed by atoms with E-state index in [-0.39, 0.29) is 35.6 Å². The molecule has 0 spiro atoms. The van der Waals surface area contributed by atoms with E-state index in [4.69, 9.17) is 20.3 Å². The molecule has 2 heterocycles. The molecule has 1 N–H and O–H groups in total. The van der Waals surface area contributed by atoms with Crippen molar-refractivity contribution in [3.05, 3.63) is 12.2 Å². The van der Waals surface area contributed by atoms with Crippen molar-refractivity contribution in [3.8, 4) is 12.3 Å². The second kappa shape index (κ2) is 8.58. The summed E-state index contributed by atoms with van der Waals surface area (Å²) >= 11 is 0. The highest BCUT2D eigenvalue weighted by atomic mass is 28.4. The molecule has 0 aromatic heterocycles. The lowest BCUT2D eigenvalue weighted by Crippen LogP contribution is -2.48. The van der Waals surface area contributed by atoms with Crippen LogP contribution in [0.25, 0.3) is 0 Å². The minimum Gasteiger partial charge on any atom is -0.411 e. The molecule has 4 nitrogen and oxygen atoms in total. The van der Waals surface area contributed by atoms with Crippen LogP contribution in [0.2, 0.25) is 18.1 Å². The van der Waals surface area contributed by atoms with Crippen molar-refractivity contribution in [1.82, 2.24) is 0 Å². The van der Waals surface area contributed by atoms with E-state index in [9.17, 15) is 5.11 Å². The second-order valence-electron chi connectivity index (χ2n) is 9.04. The summed E-state index contributed by atoms with van der Waals surface area (Å²) in [5.74, 6) is 2.38. The Balaban J connectivity index is 2.12. The molecule has 0 amide bonds. The van der Waals surface area contributed by atoms with Crippen molar-refractivity contribution in [2.24, 2.45) is 0 Å². The summed E-state index contributed by atoms with van der Waals surface area (Å²) in [6, 6.07) is 0. The third-order valence-electron chi connectivity index (χ3n) is 6.07. The summed E-state index contributed by atoms with van der Waals surface area (Å²) in [4.78, 5) is 0. The molecule has 2 rings (SSSR count). The van der Waals surface area contributed by atoms with Crippen LogP contribution in [0.15, 0.2) is 12.2 Å². The van der Waals surface area contributed by atoms with Gasteiger partial charge in [0.15, 0.2) is 8.32 Å². The highest BCUT2D eigenvalue weighted by Crippen LogP contribution is 2.39. The smallest absolute Gasteiger partial charge is 0.192 e. The maximum absolute atomic E-state index is 9.96. The number of hydrogen-bond acceptors (Lipinski definition) is 4. The first-order chi connectivity index (χ1) is 12.1. The van der Waals surface area contributed by atoms with E-state index in [0.29, 0.717) is 6.42 Å². The third kappa shape index (κ3) is 4.99. The van der Waals surface area contributed by atoms with Crippen molar-refractivity contribution in [1.29, 1.82) is 0 Å². The lowest BCUT2D eigenvalue weighted by atomic mass is 10.0. The number of aliphatic hydroxyl groups is 1. The fourth-order valence-electron chi connectivity index (χ4n) is 3.37. The Kier molecular flexibility index (Phi) is 7.14. The Morgan fingerprint density at radius 1 is 1.19 bits per heavy atom. The van der Waals surface area contributed by atoms with Gasteiger partial charge in [-0.1, -0.05) is 45.8 Å². The number of ether oxygens (including phenoxy) is 2. The summed E-state index contributed by atoms with van der Waals surface area (Å²) in [5, 5.41) is 10.1. The Morgan fingerprint density at radius 3 is 2.38 bits per heavy atom. The molecule has 26 heavy (non-hydrogen) atoms. The van der Waals surface area contributed by atoms with Gasteiger partial charge < -0.3 is 19.0 Å². The molecular formula is C21H36O4Si. The van der Waals surface area contributed by atoms with Crippen LogP contribution in [0, 0.1) is 12.3 Å². The Bertz CT molecular complexity index is 531. The first-order valence-electron chi connectivity index (χ1n) is 9.87. The molecule has 0 bridgehead atoms. The highest BCUT2D eigenvalue weighted by Gasteiger charge is 2.43. The SMILES string of the molecule is C#C[C@H](O)[C@H]1C[C@@H]2O[C@@H]([C@H](CC)O[Si](C)(C)C(C)(C)C)C/C=C\C[C@@H]2O1. The number of fused-ring (bicyclic) bond motifs is 1. The molecule has 1 saturated heterocycles. The van der Waals surface area contributed by atoms with Crippen LogP contribution in [-0.4, -0.2) is 50.0 Å². The quantitative estimate of drug-likeness (QED) is 0.444. The fourth-order valence-corrected chi connectivity index (χ4v) is 4.80. The van der Waals surface area contributed by atoms with Crippen LogP contribution >= 0.6 is 0 Å². The standard InChI is InChI=1S/C21H36O4Si/c1-8-15(22)19-14-20-18(23-19)13-11-10-12-17(24-20)16(9-2)25-26(6,7)21(3,4)5/h1,10-11,15-20,22H,9,12-14H2,2-7H3/b11-10-/t15-,16-,17+,18-,19+,20-/m0/s1. The summed E-state index contributed by atoms with van der Waals surface area (Å²) in [6.45, 7) is 13.5. The molecule has 0 unspecified atom stereocenters. The van der Waals surface area contributed by atoms with E-state index in [0.717, 1.165) is 19.3 Å². The molecule has 0 aromatic rings. The van der Waals surface area contributed by atoms with Gasteiger partial charge in [-0.2, -0.15) is 0 Å². The van der Waals surface area contributed by atoms with Crippen LogP contribution in [0.3, 0.4) is 0 Å². The Labute approximate surface area is 160 Å². The lowest BCUT2D eigenvalue weighted by Gasteiger charge is -2.42. The average Bonchev–Trinajstić information content (AvgIpc) is 2.93. The maximum atomic E-state index is 9.96. The zero-order valence-corrected chi connectivity index (χ0v) is 18.2. The number of terminal acetylenes is 1. The van der Waals surface area contributed by atoms with Gasteiger partial charge in [0.2, 0.25) is 0 Å². The molecular weight excluding hydrogens is 344 g/mol. The van der Waals surface area contributed by atoms with Crippen molar-refractivity contribution in [3.63, 3.8) is 0 Å². The minimum atomic E-state index is -1.87. The molecule has 0 aliphatic carbocycles. The largest absolute Gasteiger partial charge is 0.411 e. The molecule has 0 saturated carbocycles. The van der Waals surface area contributed by atoms with Gasteiger partial charge in [0.25, 0.3) is 0 Å². The average molecular weight is 381 g/mol. The Hall–Kier alpha value is -0.643. The van der Waals surface area contributed by atoms with Crippen molar-refractivity contribution < 1.29 is 19.0 Å². The number of hydrogen-bond donors (Lipinski definition) is 1. The van der Waals surface area contributed by atoms with Gasteiger partial charge in [0, 0.05) is 6.42 Å². The summed E-state index contributed by atoms with van der Waals surface area (Å²) in [7, 11) is -1.87. The molecule has 5 heteroatoms. The summed E-state index contributed by atoms with van der Waals surface area (Å²) in [5.41, 5.74) is 0. The van der Waals surface area contributed by atoms with E-state index in [1.165, 1.54) is 0 Å². The predicted octanol–water partition coefficient (Wildman–Crippen LogP) is 4.04. The van der Waals surface area contributed by atoms with Gasteiger partial charge in [-0.25, -0.2) is 0 Å². The van der Waals surface area contributed by atoms with Gasteiger partial charge in [-0.05, 0) is 37.4 Å². The summed E-state index contributed by atoms with van der Waals surface area (Å²) < 4.78 is 19.2. The second-order valence-corrected chi connectivity index (χ2v) is 13.8. The van der Waals surface area contributed by atoms with Gasteiger partial charge in [0.05, 0.1) is 30.5 Å². The monoisotopic (exact) mass is 380 g/mol. The van der Waals surface area contributed by atoms with Gasteiger partial charge in [-0.15, -0.1) is 6.42 Å². The van der Waals surface area contributed by atoms with Gasteiger partial charge in [0.1, 0.15) is 6.10 Å². The van der Waals surface area contributed by atoms with E-state index < -0.39 is 14.4 Å². The molecule has 2 aliphatic heterocycles. The predicted molar refractivity (Wildman–Crippen MR) is 108 cm³/mol. The number of rotatable bonds is 5. The zero-order chi connectivity index (χ0) is 19.5. The minimum absolute atomic E-state index is 0.00324. The van der Waals surface area contributed by atoms with E-state index in [1.807, 2.05) is 0 Å². The highest BCUT2D eigenvalue weighted by molar-refractivity contribution is 6.74.